The van der Waals surface area contributed by atoms with E-state index in [-0.39, 0.29) is 0 Å². The van der Waals surface area contributed by atoms with Crippen LogP contribution < -0.4 is 5.32 Å². The van der Waals surface area contributed by atoms with Gasteiger partial charge in [-0.3, -0.25) is 0 Å². The van der Waals surface area contributed by atoms with Crippen LogP contribution in [0.1, 0.15) is 38.3 Å². The molecule has 116 valence electrons. The van der Waals surface area contributed by atoms with Crippen molar-refractivity contribution in [3.05, 3.63) is 18.2 Å². The molecule has 0 amide bonds. The lowest BCUT2D eigenvalue weighted by Gasteiger charge is -2.14. The summed E-state index contributed by atoms with van der Waals surface area (Å²) in [4.78, 5) is 3.96. The summed E-state index contributed by atoms with van der Waals surface area (Å²) in [6, 6.07) is 0. The van der Waals surface area contributed by atoms with Gasteiger partial charge < -0.3 is 5.32 Å². The highest BCUT2D eigenvalue weighted by Gasteiger charge is 2.18. The largest absolute Gasteiger partial charge is 0.317 e. The minimum Gasteiger partial charge on any atom is -0.317 e. The van der Waals surface area contributed by atoms with Crippen LogP contribution in [0, 0.1) is 0 Å². The second-order valence-corrected chi connectivity index (χ2v) is 7.05. The molecule has 0 bridgehead atoms. The number of unbranched alkanes of at least 4 members (excludes halogenated alkanes) is 2. The average Bonchev–Trinajstić information content (AvgIpc) is 2.86. The van der Waals surface area contributed by atoms with Gasteiger partial charge in [0.2, 0.25) is 0 Å². The zero-order valence-electron chi connectivity index (χ0n) is 12.7. The molecule has 0 atom stereocenters. The van der Waals surface area contributed by atoms with E-state index in [0.717, 1.165) is 50.9 Å². The maximum Gasteiger partial charge on any atom is 0.308 e. The summed E-state index contributed by atoms with van der Waals surface area (Å²) in [6.45, 7) is 4.25. The van der Waals surface area contributed by atoms with Gasteiger partial charge in [0.15, 0.2) is 0 Å². The van der Waals surface area contributed by atoms with Crippen LogP contribution in [0.15, 0.2) is 12.5 Å². The minimum atomic E-state index is -3.44. The van der Waals surface area contributed by atoms with Crippen molar-refractivity contribution < 1.29 is 8.42 Å². The van der Waals surface area contributed by atoms with Crippen molar-refractivity contribution in [2.45, 2.75) is 39.0 Å². The molecule has 20 heavy (non-hydrogen) atoms. The van der Waals surface area contributed by atoms with Gasteiger partial charge in [-0.15, -0.1) is 0 Å². The first-order chi connectivity index (χ1) is 9.50. The Hall–Kier alpha value is -0.920. The summed E-state index contributed by atoms with van der Waals surface area (Å²) in [5.41, 5.74) is 0.750. The summed E-state index contributed by atoms with van der Waals surface area (Å²) in [6.07, 6.45) is 8.08. The van der Waals surface area contributed by atoms with Crippen molar-refractivity contribution in [3.63, 3.8) is 0 Å². The van der Waals surface area contributed by atoms with E-state index in [1.807, 2.05) is 0 Å². The Morgan fingerprint density at radius 2 is 2.00 bits per heavy atom. The quantitative estimate of drug-likeness (QED) is 0.661. The Labute approximate surface area is 122 Å². The lowest BCUT2D eigenvalue weighted by Crippen LogP contribution is -2.29. The van der Waals surface area contributed by atoms with Gasteiger partial charge in [-0.2, -0.15) is 12.7 Å². The highest BCUT2D eigenvalue weighted by molar-refractivity contribution is 7.87. The van der Waals surface area contributed by atoms with E-state index in [2.05, 4.69) is 17.2 Å². The summed E-state index contributed by atoms with van der Waals surface area (Å²) in [5, 5.41) is 3.36. The Kier molecular flexibility index (Phi) is 7.18. The van der Waals surface area contributed by atoms with E-state index in [0.29, 0.717) is 0 Å². The fourth-order valence-electron chi connectivity index (χ4n) is 1.90. The maximum atomic E-state index is 12.1. The number of aromatic nitrogens is 2. The summed E-state index contributed by atoms with van der Waals surface area (Å²) < 4.78 is 26.6. The van der Waals surface area contributed by atoms with Crippen molar-refractivity contribution in [1.82, 2.24) is 18.6 Å². The van der Waals surface area contributed by atoms with Crippen LogP contribution in [0.2, 0.25) is 0 Å². The van der Waals surface area contributed by atoms with Gasteiger partial charge in [0, 0.05) is 20.3 Å². The van der Waals surface area contributed by atoms with E-state index >= 15 is 0 Å². The molecule has 0 unspecified atom stereocenters. The van der Waals surface area contributed by atoms with E-state index in [9.17, 15) is 8.42 Å². The molecule has 0 radical (unpaired) electrons. The highest BCUT2D eigenvalue weighted by Crippen LogP contribution is 2.10. The second kappa shape index (κ2) is 8.39. The predicted octanol–water partition coefficient (Wildman–Crippen LogP) is 1.25. The Morgan fingerprint density at radius 3 is 2.65 bits per heavy atom. The molecule has 1 aromatic heterocycles. The molecule has 7 heteroatoms. The van der Waals surface area contributed by atoms with E-state index in [1.165, 1.54) is 28.7 Å². The fraction of sp³-hybridized carbons (Fsp3) is 0.769. The standard InChI is InChI=1S/C13H26N4O2S/c1-4-9-14-10-7-5-6-8-13-11-15-12-17(13)20(18,19)16(2)3/h11-12,14H,4-10H2,1-3H3. The molecular formula is C13H26N4O2S. The topological polar surface area (TPSA) is 67.2 Å². The number of imidazole rings is 1. The normalized spacial score (nSPS) is 12.2. The molecule has 6 nitrogen and oxygen atoms in total. The number of rotatable bonds is 10. The van der Waals surface area contributed by atoms with E-state index in [4.69, 9.17) is 0 Å². The molecule has 0 spiro atoms. The van der Waals surface area contributed by atoms with Crippen molar-refractivity contribution in [2.24, 2.45) is 0 Å². The third kappa shape index (κ3) is 4.88. The smallest absolute Gasteiger partial charge is 0.308 e. The fourth-order valence-corrected chi connectivity index (χ4v) is 2.86. The molecule has 0 aliphatic rings. The van der Waals surface area contributed by atoms with Crippen LogP contribution in [0.3, 0.4) is 0 Å². The predicted molar refractivity (Wildman–Crippen MR) is 80.9 cm³/mol. The molecule has 0 aliphatic heterocycles. The van der Waals surface area contributed by atoms with Crippen LogP contribution in [0.4, 0.5) is 0 Å². The van der Waals surface area contributed by atoms with Crippen molar-refractivity contribution in [1.29, 1.82) is 0 Å². The minimum absolute atomic E-state index is 0.737. The Balaban J connectivity index is 2.41. The third-order valence-electron chi connectivity index (χ3n) is 3.10. The molecule has 0 aromatic carbocycles. The molecule has 0 saturated carbocycles. The van der Waals surface area contributed by atoms with E-state index < -0.39 is 10.2 Å². The van der Waals surface area contributed by atoms with Crippen LogP contribution in [-0.4, -0.2) is 48.9 Å². The number of aryl methyl sites for hydroxylation is 1. The third-order valence-corrected chi connectivity index (χ3v) is 4.85. The van der Waals surface area contributed by atoms with Crippen LogP contribution in [0.25, 0.3) is 0 Å². The molecule has 1 aromatic rings. The maximum absolute atomic E-state index is 12.1. The van der Waals surface area contributed by atoms with Gasteiger partial charge >= 0.3 is 10.2 Å². The lowest BCUT2D eigenvalue weighted by molar-refractivity contribution is 0.507. The lowest BCUT2D eigenvalue weighted by atomic mass is 10.1. The van der Waals surface area contributed by atoms with Crippen molar-refractivity contribution >= 4 is 10.2 Å². The summed E-state index contributed by atoms with van der Waals surface area (Å²) in [7, 11) is -0.391. The van der Waals surface area contributed by atoms with Gasteiger partial charge in [-0.1, -0.05) is 13.3 Å². The molecule has 1 N–H and O–H groups in total. The van der Waals surface area contributed by atoms with Crippen LogP contribution in [0.5, 0.6) is 0 Å². The van der Waals surface area contributed by atoms with Gasteiger partial charge in [0.1, 0.15) is 6.33 Å². The molecule has 1 rings (SSSR count). The van der Waals surface area contributed by atoms with Gasteiger partial charge in [0.25, 0.3) is 0 Å². The van der Waals surface area contributed by atoms with Gasteiger partial charge in [-0.25, -0.2) is 8.96 Å². The molecule has 0 saturated heterocycles. The SMILES string of the molecule is CCCNCCCCCc1cncn1S(=O)(=O)N(C)C. The number of hydrogen-bond donors (Lipinski definition) is 1. The summed E-state index contributed by atoms with van der Waals surface area (Å²) in [5.74, 6) is 0. The number of hydrogen-bond acceptors (Lipinski definition) is 4. The zero-order chi connectivity index (χ0) is 15.0. The van der Waals surface area contributed by atoms with Gasteiger partial charge in [-0.05, 0) is 38.8 Å². The molecule has 0 aliphatic carbocycles. The monoisotopic (exact) mass is 302 g/mol. The highest BCUT2D eigenvalue weighted by atomic mass is 32.2. The Morgan fingerprint density at radius 1 is 1.25 bits per heavy atom. The number of nitrogens with zero attached hydrogens (tertiary/aromatic N) is 3. The van der Waals surface area contributed by atoms with Crippen molar-refractivity contribution in [3.8, 4) is 0 Å². The Bertz CT molecular complexity index is 482. The first-order valence-corrected chi connectivity index (χ1v) is 8.54. The van der Waals surface area contributed by atoms with E-state index in [1.54, 1.807) is 6.20 Å². The van der Waals surface area contributed by atoms with Crippen LogP contribution in [-0.2, 0) is 16.6 Å². The number of nitrogens with one attached hydrogen (secondary N) is 1. The van der Waals surface area contributed by atoms with Crippen LogP contribution >= 0.6 is 0 Å². The molecule has 1 heterocycles. The second-order valence-electron chi connectivity index (χ2n) is 5.03. The average molecular weight is 302 g/mol. The van der Waals surface area contributed by atoms with Gasteiger partial charge in [0.05, 0.1) is 5.69 Å². The van der Waals surface area contributed by atoms with Crippen molar-refractivity contribution in [2.75, 3.05) is 27.2 Å². The molecule has 0 fully saturated rings. The molecular weight excluding hydrogens is 276 g/mol. The zero-order valence-corrected chi connectivity index (χ0v) is 13.5. The first kappa shape index (κ1) is 17.1. The summed E-state index contributed by atoms with van der Waals surface area (Å²) >= 11 is 0. The first-order valence-electron chi connectivity index (χ1n) is 7.15.